The molecule has 5 nitrogen and oxygen atoms in total. The predicted molar refractivity (Wildman–Crippen MR) is 94.5 cm³/mol. The first-order valence-electron chi connectivity index (χ1n) is 7.73. The van der Waals surface area contributed by atoms with Gasteiger partial charge in [0.25, 0.3) is 0 Å². The number of aromatic nitrogens is 2. The molecule has 118 valence electrons. The molecular formula is C17H18BrN5. The summed E-state index contributed by atoms with van der Waals surface area (Å²) < 4.78 is 0.833. The Bertz CT molecular complexity index is 736. The molecule has 0 radical (unpaired) electrons. The first-order valence-corrected chi connectivity index (χ1v) is 8.52. The summed E-state index contributed by atoms with van der Waals surface area (Å²) in [5.41, 5.74) is 2.77. The van der Waals surface area contributed by atoms with Gasteiger partial charge in [-0.1, -0.05) is 12.8 Å². The quantitative estimate of drug-likeness (QED) is 0.791. The fourth-order valence-corrected chi connectivity index (χ4v) is 3.32. The molecule has 1 aromatic rings. The van der Waals surface area contributed by atoms with Crippen LogP contribution >= 0.6 is 15.9 Å². The summed E-state index contributed by atoms with van der Waals surface area (Å²) in [6, 6.07) is 2.71. The van der Waals surface area contributed by atoms with Gasteiger partial charge in [-0.3, -0.25) is 0 Å². The second-order valence-electron chi connectivity index (χ2n) is 5.73. The van der Waals surface area contributed by atoms with Crippen molar-refractivity contribution in [1.29, 1.82) is 5.26 Å². The van der Waals surface area contributed by atoms with Gasteiger partial charge in [-0.05, 0) is 53.4 Å². The predicted octanol–water partition coefficient (Wildman–Crippen LogP) is 3.77. The van der Waals surface area contributed by atoms with E-state index in [2.05, 4.69) is 42.6 Å². The zero-order chi connectivity index (χ0) is 16.2. The maximum atomic E-state index is 9.65. The molecule has 1 aromatic heterocycles. The molecule has 0 unspecified atom stereocenters. The molecule has 1 aliphatic carbocycles. The van der Waals surface area contributed by atoms with Gasteiger partial charge in [0, 0.05) is 22.9 Å². The van der Waals surface area contributed by atoms with Crippen LogP contribution in [0.3, 0.4) is 0 Å². The van der Waals surface area contributed by atoms with Crippen molar-refractivity contribution in [3.63, 3.8) is 0 Å². The topological polar surface area (TPSA) is 73.6 Å². The Labute approximate surface area is 144 Å². The van der Waals surface area contributed by atoms with Crippen molar-refractivity contribution in [2.75, 3.05) is 5.32 Å². The minimum absolute atomic E-state index is 0.436. The van der Waals surface area contributed by atoms with Gasteiger partial charge < -0.3 is 10.6 Å². The SMILES string of the molecule is Cc1cnc(NC2CCCC2)nc1C(C#N)=C1NC=CC=C1Br. The molecule has 3 rings (SSSR count). The van der Waals surface area contributed by atoms with E-state index in [9.17, 15) is 5.26 Å². The lowest BCUT2D eigenvalue weighted by atomic mass is 10.1. The maximum Gasteiger partial charge on any atom is 0.223 e. The number of anilines is 1. The van der Waals surface area contributed by atoms with E-state index in [1.165, 1.54) is 12.8 Å². The van der Waals surface area contributed by atoms with Crippen LogP contribution in [0.5, 0.6) is 0 Å². The fraction of sp³-hybridized carbons (Fsp3) is 0.353. The second kappa shape index (κ2) is 6.97. The summed E-state index contributed by atoms with van der Waals surface area (Å²) in [6.07, 6.45) is 12.1. The summed E-state index contributed by atoms with van der Waals surface area (Å²) in [7, 11) is 0. The first-order chi connectivity index (χ1) is 11.2. The molecule has 0 atom stereocenters. The standard InChI is InChI=1S/C17H18BrN5/c1-11-10-21-17(22-12-5-2-3-6-12)23-15(11)13(9-19)16-14(18)7-4-8-20-16/h4,7-8,10,12,20H,2-3,5-6H2,1H3,(H,21,22,23). The Kier molecular flexibility index (Phi) is 4.77. The third-order valence-electron chi connectivity index (χ3n) is 4.06. The molecular weight excluding hydrogens is 354 g/mol. The number of halogens is 1. The van der Waals surface area contributed by atoms with E-state index < -0.39 is 0 Å². The lowest BCUT2D eigenvalue weighted by molar-refractivity contribution is 0.743. The fourth-order valence-electron chi connectivity index (χ4n) is 2.85. The van der Waals surface area contributed by atoms with Crippen LogP contribution in [-0.4, -0.2) is 16.0 Å². The van der Waals surface area contributed by atoms with Gasteiger partial charge in [-0.15, -0.1) is 0 Å². The maximum absolute atomic E-state index is 9.65. The molecule has 23 heavy (non-hydrogen) atoms. The van der Waals surface area contributed by atoms with Crippen LogP contribution in [0.2, 0.25) is 0 Å². The van der Waals surface area contributed by atoms with Crippen LogP contribution in [0.25, 0.3) is 5.57 Å². The lowest BCUT2D eigenvalue weighted by Crippen LogP contribution is -2.18. The van der Waals surface area contributed by atoms with Crippen LogP contribution in [0.1, 0.15) is 36.9 Å². The van der Waals surface area contributed by atoms with Gasteiger partial charge in [0.1, 0.15) is 11.6 Å². The van der Waals surface area contributed by atoms with E-state index >= 15 is 0 Å². The smallest absolute Gasteiger partial charge is 0.223 e. The van der Waals surface area contributed by atoms with Gasteiger partial charge >= 0.3 is 0 Å². The highest BCUT2D eigenvalue weighted by Gasteiger charge is 2.19. The van der Waals surface area contributed by atoms with E-state index in [4.69, 9.17) is 0 Å². The van der Waals surface area contributed by atoms with Crippen molar-refractivity contribution in [3.05, 3.63) is 46.0 Å². The molecule has 0 bridgehead atoms. The summed E-state index contributed by atoms with van der Waals surface area (Å²) in [5, 5.41) is 16.2. The highest BCUT2D eigenvalue weighted by molar-refractivity contribution is 9.12. The molecule has 0 spiro atoms. The number of aryl methyl sites for hydroxylation is 1. The van der Waals surface area contributed by atoms with Gasteiger partial charge in [-0.25, -0.2) is 9.97 Å². The zero-order valence-corrected chi connectivity index (χ0v) is 14.5. The van der Waals surface area contributed by atoms with E-state index in [-0.39, 0.29) is 0 Å². The Morgan fingerprint density at radius 3 is 2.91 bits per heavy atom. The van der Waals surface area contributed by atoms with Crippen molar-refractivity contribution in [2.45, 2.75) is 38.6 Å². The first kappa shape index (κ1) is 15.8. The van der Waals surface area contributed by atoms with Gasteiger partial charge in [-0.2, -0.15) is 5.26 Å². The van der Waals surface area contributed by atoms with Gasteiger partial charge in [0.05, 0.1) is 11.4 Å². The summed E-state index contributed by atoms with van der Waals surface area (Å²) in [6.45, 7) is 1.92. The Balaban J connectivity index is 1.97. The largest absolute Gasteiger partial charge is 0.360 e. The average Bonchev–Trinajstić information content (AvgIpc) is 3.06. The third-order valence-corrected chi connectivity index (χ3v) is 4.72. The van der Waals surface area contributed by atoms with Crippen molar-refractivity contribution in [1.82, 2.24) is 15.3 Å². The van der Waals surface area contributed by atoms with Crippen LogP contribution < -0.4 is 10.6 Å². The van der Waals surface area contributed by atoms with Crippen molar-refractivity contribution in [2.24, 2.45) is 0 Å². The molecule has 1 aliphatic heterocycles. The number of nitrogens with zero attached hydrogens (tertiary/aromatic N) is 3. The van der Waals surface area contributed by atoms with E-state index in [0.717, 1.165) is 28.6 Å². The highest BCUT2D eigenvalue weighted by atomic mass is 79.9. The van der Waals surface area contributed by atoms with Gasteiger partial charge in [0.15, 0.2) is 0 Å². The van der Waals surface area contributed by atoms with Crippen molar-refractivity contribution in [3.8, 4) is 6.07 Å². The molecule has 2 N–H and O–H groups in total. The van der Waals surface area contributed by atoms with E-state index in [1.807, 2.05) is 19.1 Å². The monoisotopic (exact) mass is 371 g/mol. The number of hydrogen-bond acceptors (Lipinski definition) is 5. The van der Waals surface area contributed by atoms with E-state index in [0.29, 0.717) is 23.3 Å². The average molecular weight is 372 g/mol. The molecule has 0 amide bonds. The molecule has 0 saturated heterocycles. The second-order valence-corrected chi connectivity index (χ2v) is 6.59. The molecule has 6 heteroatoms. The van der Waals surface area contributed by atoms with Gasteiger partial charge in [0.2, 0.25) is 5.95 Å². The molecule has 2 heterocycles. The van der Waals surface area contributed by atoms with Crippen LogP contribution in [0.15, 0.2) is 34.7 Å². The minimum atomic E-state index is 0.436. The minimum Gasteiger partial charge on any atom is -0.360 e. The van der Waals surface area contributed by atoms with Crippen LogP contribution in [-0.2, 0) is 0 Å². The number of rotatable bonds is 3. The summed E-state index contributed by atoms with van der Waals surface area (Å²) >= 11 is 3.49. The Morgan fingerprint density at radius 2 is 2.22 bits per heavy atom. The van der Waals surface area contributed by atoms with Crippen LogP contribution in [0, 0.1) is 18.3 Å². The molecule has 0 aromatic carbocycles. The lowest BCUT2D eigenvalue weighted by Gasteiger charge is -2.16. The Morgan fingerprint density at radius 1 is 1.43 bits per heavy atom. The summed E-state index contributed by atoms with van der Waals surface area (Å²) in [5.74, 6) is 0.595. The highest BCUT2D eigenvalue weighted by Crippen LogP contribution is 2.28. The molecule has 1 fully saturated rings. The van der Waals surface area contributed by atoms with E-state index in [1.54, 1.807) is 12.4 Å². The number of hydrogen-bond donors (Lipinski definition) is 2. The molecule has 2 aliphatic rings. The zero-order valence-electron chi connectivity index (χ0n) is 12.9. The Hall–Kier alpha value is -2.13. The number of allylic oxidation sites excluding steroid dienone is 4. The number of nitriles is 1. The summed E-state index contributed by atoms with van der Waals surface area (Å²) in [4.78, 5) is 8.97. The van der Waals surface area contributed by atoms with Crippen LogP contribution in [0.4, 0.5) is 5.95 Å². The number of dihydropyridines is 1. The number of nitrogens with one attached hydrogen (secondary N) is 2. The van der Waals surface area contributed by atoms with Crippen molar-refractivity contribution >= 4 is 27.5 Å². The van der Waals surface area contributed by atoms with Crippen molar-refractivity contribution < 1.29 is 0 Å². The third kappa shape index (κ3) is 3.45. The normalized spacial score (nSPS) is 19.8. The molecule has 1 saturated carbocycles.